The third-order valence-corrected chi connectivity index (χ3v) is 3.56. The molecule has 82 valence electrons. The van der Waals surface area contributed by atoms with Gasteiger partial charge in [-0.15, -0.1) is 11.3 Å². The minimum absolute atomic E-state index is 0.473. The summed E-state index contributed by atoms with van der Waals surface area (Å²) < 4.78 is 2.14. The van der Waals surface area contributed by atoms with E-state index in [1.54, 1.807) is 11.3 Å². The first kappa shape index (κ1) is 10.9. The molecule has 2 N–H and O–H groups in total. The highest BCUT2D eigenvalue weighted by Gasteiger charge is 2.16. The summed E-state index contributed by atoms with van der Waals surface area (Å²) in [7, 11) is 0. The lowest BCUT2D eigenvalue weighted by molar-refractivity contribution is 0.785. The summed E-state index contributed by atoms with van der Waals surface area (Å²) in [5.74, 6) is 0.473. The SMILES string of the molecule is CC(C)c1csc2nc(Cl)c(CCN)n12. The lowest BCUT2D eigenvalue weighted by Gasteiger charge is -2.06. The van der Waals surface area contributed by atoms with E-state index in [2.05, 4.69) is 28.6 Å². The van der Waals surface area contributed by atoms with Gasteiger partial charge in [-0.2, -0.15) is 0 Å². The Morgan fingerprint density at radius 2 is 2.33 bits per heavy atom. The van der Waals surface area contributed by atoms with Gasteiger partial charge in [-0.1, -0.05) is 25.4 Å². The Morgan fingerprint density at radius 3 is 2.93 bits per heavy atom. The monoisotopic (exact) mass is 243 g/mol. The van der Waals surface area contributed by atoms with Crippen LogP contribution >= 0.6 is 22.9 Å². The number of nitrogens with two attached hydrogens (primary N) is 1. The van der Waals surface area contributed by atoms with E-state index in [4.69, 9.17) is 17.3 Å². The van der Waals surface area contributed by atoms with Crippen molar-refractivity contribution < 1.29 is 0 Å². The normalized spacial score (nSPS) is 11.8. The van der Waals surface area contributed by atoms with Crippen LogP contribution in [0.15, 0.2) is 5.38 Å². The summed E-state index contributed by atoms with van der Waals surface area (Å²) in [6, 6.07) is 0. The zero-order valence-electron chi connectivity index (χ0n) is 8.83. The molecule has 0 spiro atoms. The van der Waals surface area contributed by atoms with Crippen molar-refractivity contribution in [2.24, 2.45) is 5.73 Å². The van der Waals surface area contributed by atoms with Gasteiger partial charge in [0.2, 0.25) is 0 Å². The maximum atomic E-state index is 6.08. The van der Waals surface area contributed by atoms with Crippen LogP contribution < -0.4 is 5.73 Å². The maximum absolute atomic E-state index is 6.08. The van der Waals surface area contributed by atoms with E-state index < -0.39 is 0 Å². The Morgan fingerprint density at radius 1 is 1.60 bits per heavy atom. The van der Waals surface area contributed by atoms with E-state index in [1.165, 1.54) is 5.69 Å². The number of imidazole rings is 1. The van der Waals surface area contributed by atoms with Crippen molar-refractivity contribution >= 4 is 27.9 Å². The van der Waals surface area contributed by atoms with Crippen LogP contribution in [0.2, 0.25) is 5.15 Å². The molecule has 3 nitrogen and oxygen atoms in total. The van der Waals surface area contributed by atoms with Crippen LogP contribution in [-0.2, 0) is 6.42 Å². The lowest BCUT2D eigenvalue weighted by Crippen LogP contribution is -2.07. The molecule has 0 aromatic carbocycles. The Labute approximate surface area is 97.9 Å². The van der Waals surface area contributed by atoms with E-state index >= 15 is 0 Å². The average molecular weight is 244 g/mol. The smallest absolute Gasteiger partial charge is 0.195 e. The fraction of sp³-hybridized carbons (Fsp3) is 0.500. The summed E-state index contributed by atoms with van der Waals surface area (Å²) in [4.78, 5) is 5.29. The van der Waals surface area contributed by atoms with Crippen LogP contribution in [0.3, 0.4) is 0 Å². The number of thiazole rings is 1. The Kier molecular flexibility index (Phi) is 3.00. The third-order valence-electron chi connectivity index (χ3n) is 2.41. The maximum Gasteiger partial charge on any atom is 0.195 e. The number of hydrogen-bond acceptors (Lipinski definition) is 3. The minimum Gasteiger partial charge on any atom is -0.330 e. The molecule has 0 unspecified atom stereocenters. The molecule has 0 saturated carbocycles. The first-order chi connectivity index (χ1) is 7.15. The Hall–Kier alpha value is -0.580. The van der Waals surface area contributed by atoms with E-state index in [0.717, 1.165) is 17.1 Å². The van der Waals surface area contributed by atoms with Crippen LogP contribution in [0.5, 0.6) is 0 Å². The second kappa shape index (κ2) is 4.12. The molecule has 2 aromatic heterocycles. The standard InChI is InChI=1S/C10H14ClN3S/c1-6(2)8-5-15-10-13-9(11)7(3-4-12)14(8)10/h5-6H,3-4,12H2,1-2H3. The average Bonchev–Trinajstić information content (AvgIpc) is 2.68. The second-order valence-corrected chi connectivity index (χ2v) is 5.02. The van der Waals surface area contributed by atoms with Crippen LogP contribution in [0.4, 0.5) is 0 Å². The number of nitrogens with zero attached hydrogens (tertiary/aromatic N) is 2. The molecule has 5 heteroatoms. The predicted octanol–water partition coefficient (Wildman–Crippen LogP) is 2.67. The quantitative estimate of drug-likeness (QED) is 0.901. The predicted molar refractivity (Wildman–Crippen MR) is 64.9 cm³/mol. The fourth-order valence-corrected chi connectivity index (χ4v) is 3.04. The van der Waals surface area contributed by atoms with Gasteiger partial charge in [0.05, 0.1) is 5.69 Å². The van der Waals surface area contributed by atoms with E-state index in [0.29, 0.717) is 17.6 Å². The highest BCUT2D eigenvalue weighted by atomic mass is 35.5. The van der Waals surface area contributed by atoms with Crippen molar-refractivity contribution in [3.63, 3.8) is 0 Å². The second-order valence-electron chi connectivity index (χ2n) is 3.82. The molecular formula is C10H14ClN3S. The molecule has 0 saturated heterocycles. The molecule has 2 aromatic rings. The van der Waals surface area contributed by atoms with Crippen molar-refractivity contribution in [2.45, 2.75) is 26.2 Å². The van der Waals surface area contributed by atoms with Gasteiger partial charge in [-0.25, -0.2) is 4.98 Å². The first-order valence-electron chi connectivity index (χ1n) is 4.99. The van der Waals surface area contributed by atoms with Crippen molar-refractivity contribution in [3.05, 3.63) is 21.9 Å². The zero-order chi connectivity index (χ0) is 11.0. The molecule has 0 radical (unpaired) electrons. The molecule has 15 heavy (non-hydrogen) atoms. The molecule has 0 fully saturated rings. The van der Waals surface area contributed by atoms with Crippen molar-refractivity contribution in [1.82, 2.24) is 9.38 Å². The topological polar surface area (TPSA) is 43.3 Å². The summed E-state index contributed by atoms with van der Waals surface area (Å²) in [6.45, 7) is 4.93. The van der Waals surface area contributed by atoms with Crippen LogP contribution in [0.25, 0.3) is 4.96 Å². The van der Waals surface area contributed by atoms with Crippen LogP contribution in [0.1, 0.15) is 31.2 Å². The molecule has 0 amide bonds. The summed E-state index contributed by atoms with van der Waals surface area (Å²) in [6.07, 6.45) is 0.774. The molecule has 2 rings (SSSR count). The van der Waals surface area contributed by atoms with Crippen molar-refractivity contribution in [2.75, 3.05) is 6.54 Å². The highest BCUT2D eigenvalue weighted by molar-refractivity contribution is 7.15. The molecule has 0 aliphatic rings. The van der Waals surface area contributed by atoms with Crippen LogP contribution in [0, 0.1) is 0 Å². The largest absolute Gasteiger partial charge is 0.330 e. The summed E-state index contributed by atoms with van der Waals surface area (Å²) in [5, 5.41) is 2.73. The first-order valence-corrected chi connectivity index (χ1v) is 6.25. The molecule has 2 heterocycles. The van der Waals surface area contributed by atoms with E-state index in [1.807, 2.05) is 0 Å². The molecule has 0 aliphatic carbocycles. The number of halogens is 1. The Balaban J connectivity index is 2.64. The van der Waals surface area contributed by atoms with Gasteiger partial charge in [0.1, 0.15) is 0 Å². The molecule has 0 bridgehead atoms. The number of hydrogen-bond donors (Lipinski definition) is 1. The van der Waals surface area contributed by atoms with Gasteiger partial charge in [-0.05, 0) is 12.5 Å². The van der Waals surface area contributed by atoms with Crippen molar-refractivity contribution in [1.29, 1.82) is 0 Å². The fourth-order valence-electron chi connectivity index (χ4n) is 1.66. The zero-order valence-corrected chi connectivity index (χ0v) is 10.4. The van der Waals surface area contributed by atoms with Gasteiger partial charge in [0, 0.05) is 17.5 Å². The number of fused-ring (bicyclic) bond motifs is 1. The summed E-state index contributed by atoms with van der Waals surface area (Å²) >= 11 is 7.71. The number of rotatable bonds is 3. The number of aromatic nitrogens is 2. The van der Waals surface area contributed by atoms with Gasteiger partial charge in [0.25, 0.3) is 0 Å². The molecular weight excluding hydrogens is 230 g/mol. The van der Waals surface area contributed by atoms with E-state index in [-0.39, 0.29) is 0 Å². The molecule has 0 aliphatic heterocycles. The minimum atomic E-state index is 0.473. The van der Waals surface area contributed by atoms with E-state index in [9.17, 15) is 0 Å². The third kappa shape index (κ3) is 1.77. The Bertz CT molecular complexity index is 472. The van der Waals surface area contributed by atoms with Gasteiger partial charge >= 0.3 is 0 Å². The highest BCUT2D eigenvalue weighted by Crippen LogP contribution is 2.28. The van der Waals surface area contributed by atoms with Gasteiger partial charge in [0.15, 0.2) is 10.1 Å². The summed E-state index contributed by atoms with van der Waals surface area (Å²) in [5.41, 5.74) is 7.88. The van der Waals surface area contributed by atoms with Gasteiger partial charge in [-0.3, -0.25) is 4.40 Å². The van der Waals surface area contributed by atoms with Crippen molar-refractivity contribution in [3.8, 4) is 0 Å². The lowest BCUT2D eigenvalue weighted by atomic mass is 10.1. The van der Waals surface area contributed by atoms with Gasteiger partial charge < -0.3 is 5.73 Å². The molecule has 0 atom stereocenters. The van der Waals surface area contributed by atoms with Crippen LogP contribution in [-0.4, -0.2) is 15.9 Å².